The number of hydrogen-bond donors (Lipinski definition) is 2. The summed E-state index contributed by atoms with van der Waals surface area (Å²) in [6.45, 7) is 21.7. The molecule has 0 radical (unpaired) electrons. The molecule has 0 fully saturated rings. The molecule has 0 aromatic heterocycles. The quantitative estimate of drug-likeness (QED) is 0.299. The molecule has 2 N–H and O–H groups in total. The van der Waals surface area contributed by atoms with Crippen molar-refractivity contribution in [2.24, 2.45) is 5.41 Å². The Kier molecular flexibility index (Phi) is 14.2. The molecule has 0 atom stereocenters. The number of carbonyl (C=O) groups excluding carboxylic acids is 1. The van der Waals surface area contributed by atoms with Crippen LogP contribution in [0.3, 0.4) is 0 Å². The average molecular weight is 462 g/mol. The van der Waals surface area contributed by atoms with E-state index in [-0.39, 0.29) is 47.9 Å². The molecule has 7 nitrogen and oxygen atoms in total. The number of nitrogens with one attached hydrogen (secondary N) is 1. The van der Waals surface area contributed by atoms with Crippen LogP contribution in [0.1, 0.15) is 88.0 Å². The Balaban J connectivity index is 4.09. The van der Waals surface area contributed by atoms with E-state index in [1.54, 1.807) is 0 Å². The standard InChI is InChI=1S/C25H51NO6/c1-22(2,3)11-16-30-24(6,7)13-18-32-25(8,9)12-17-31-23(4,5)10-14-26-21(28)20-29-19-15-27/h27H,10-20H2,1-9H3,(H,26,28). The van der Waals surface area contributed by atoms with Crippen LogP contribution in [-0.2, 0) is 23.7 Å². The van der Waals surface area contributed by atoms with E-state index in [0.717, 1.165) is 25.9 Å². The highest BCUT2D eigenvalue weighted by Gasteiger charge is 2.25. The SMILES string of the molecule is CC(C)(C)CCOC(C)(C)CCOC(C)(C)CCOC(C)(C)CCNC(=O)COCCO. The molecule has 32 heavy (non-hydrogen) atoms. The minimum Gasteiger partial charge on any atom is -0.394 e. The van der Waals surface area contributed by atoms with Gasteiger partial charge in [-0.2, -0.15) is 0 Å². The summed E-state index contributed by atoms with van der Waals surface area (Å²) in [4.78, 5) is 11.6. The summed E-state index contributed by atoms with van der Waals surface area (Å²) < 4.78 is 23.3. The van der Waals surface area contributed by atoms with Crippen LogP contribution >= 0.6 is 0 Å². The molecule has 1 amide bonds. The topological polar surface area (TPSA) is 86.2 Å². The zero-order valence-electron chi connectivity index (χ0n) is 22.3. The third kappa shape index (κ3) is 18.8. The lowest BCUT2D eigenvalue weighted by atomic mass is 9.93. The number of aliphatic hydroxyl groups excluding tert-OH is 1. The van der Waals surface area contributed by atoms with E-state index in [1.165, 1.54) is 0 Å². The molecule has 0 aliphatic carbocycles. The number of carbonyl (C=O) groups is 1. The fourth-order valence-corrected chi connectivity index (χ4v) is 2.78. The molecule has 192 valence electrons. The third-order valence-electron chi connectivity index (χ3n) is 5.26. The van der Waals surface area contributed by atoms with E-state index in [1.807, 2.05) is 13.8 Å². The van der Waals surface area contributed by atoms with Crippen LogP contribution in [0.5, 0.6) is 0 Å². The first kappa shape index (κ1) is 31.3. The zero-order chi connectivity index (χ0) is 24.9. The van der Waals surface area contributed by atoms with Gasteiger partial charge in [0.2, 0.25) is 5.91 Å². The van der Waals surface area contributed by atoms with Gasteiger partial charge in [-0.15, -0.1) is 0 Å². The molecule has 0 rings (SSSR count). The number of aliphatic hydroxyl groups is 1. The molecule has 0 heterocycles. The lowest BCUT2D eigenvalue weighted by Gasteiger charge is -2.32. The monoisotopic (exact) mass is 461 g/mol. The Morgan fingerprint density at radius 3 is 1.56 bits per heavy atom. The number of ether oxygens (including phenoxy) is 4. The summed E-state index contributed by atoms with van der Waals surface area (Å²) in [6.07, 6.45) is 3.36. The van der Waals surface area contributed by atoms with Crippen LogP contribution in [0.2, 0.25) is 0 Å². The van der Waals surface area contributed by atoms with Gasteiger partial charge in [0.1, 0.15) is 6.61 Å². The van der Waals surface area contributed by atoms with Crippen LogP contribution in [0, 0.1) is 5.41 Å². The molecule has 0 spiro atoms. The highest BCUT2D eigenvalue weighted by molar-refractivity contribution is 5.77. The van der Waals surface area contributed by atoms with Crippen molar-refractivity contribution in [1.82, 2.24) is 5.32 Å². The minimum atomic E-state index is -0.349. The van der Waals surface area contributed by atoms with Gasteiger partial charge in [0.05, 0.1) is 43.2 Å². The van der Waals surface area contributed by atoms with Gasteiger partial charge in [0.15, 0.2) is 0 Å². The van der Waals surface area contributed by atoms with Crippen molar-refractivity contribution >= 4 is 5.91 Å². The summed E-state index contributed by atoms with van der Waals surface area (Å²) in [5.74, 6) is -0.186. The van der Waals surface area contributed by atoms with Gasteiger partial charge in [0.25, 0.3) is 0 Å². The van der Waals surface area contributed by atoms with E-state index in [9.17, 15) is 4.79 Å². The summed E-state index contributed by atoms with van der Waals surface area (Å²) in [5, 5.41) is 11.5. The van der Waals surface area contributed by atoms with E-state index in [4.69, 9.17) is 24.1 Å². The van der Waals surface area contributed by atoms with E-state index < -0.39 is 0 Å². The summed E-state index contributed by atoms with van der Waals surface area (Å²) >= 11 is 0. The van der Waals surface area contributed by atoms with Gasteiger partial charge < -0.3 is 29.4 Å². The molecule has 0 aromatic rings. The van der Waals surface area contributed by atoms with E-state index in [0.29, 0.717) is 26.2 Å². The Labute approximate surface area is 196 Å². The highest BCUT2D eigenvalue weighted by Crippen LogP contribution is 2.24. The molecule has 7 heteroatoms. The number of hydrogen-bond acceptors (Lipinski definition) is 6. The van der Waals surface area contributed by atoms with Crippen LogP contribution in [-0.4, -0.2) is 74.0 Å². The van der Waals surface area contributed by atoms with Gasteiger partial charge in [-0.05, 0) is 72.6 Å². The van der Waals surface area contributed by atoms with Crippen molar-refractivity contribution in [2.75, 3.05) is 46.2 Å². The first-order valence-corrected chi connectivity index (χ1v) is 11.9. The first-order valence-electron chi connectivity index (χ1n) is 11.9. The highest BCUT2D eigenvalue weighted by atomic mass is 16.5. The Hall–Kier alpha value is -0.730. The first-order chi connectivity index (χ1) is 14.6. The second-order valence-corrected chi connectivity index (χ2v) is 11.5. The van der Waals surface area contributed by atoms with Gasteiger partial charge in [-0.1, -0.05) is 20.8 Å². The molecule has 0 aromatic carbocycles. The number of amides is 1. The normalized spacial score (nSPS) is 13.4. The van der Waals surface area contributed by atoms with Crippen molar-refractivity contribution in [3.63, 3.8) is 0 Å². The summed E-state index contributed by atoms with van der Waals surface area (Å²) in [6, 6.07) is 0. The molecular weight excluding hydrogens is 410 g/mol. The smallest absolute Gasteiger partial charge is 0.246 e. The molecule has 0 aliphatic heterocycles. The fourth-order valence-electron chi connectivity index (χ4n) is 2.78. The molecule has 0 bridgehead atoms. The molecule has 0 aliphatic rings. The zero-order valence-corrected chi connectivity index (χ0v) is 22.3. The maximum Gasteiger partial charge on any atom is 0.246 e. The van der Waals surface area contributed by atoms with Crippen molar-refractivity contribution in [1.29, 1.82) is 0 Å². The minimum absolute atomic E-state index is 0.0359. The van der Waals surface area contributed by atoms with Gasteiger partial charge in [0, 0.05) is 13.2 Å². The van der Waals surface area contributed by atoms with Crippen LogP contribution in [0.4, 0.5) is 0 Å². The Morgan fingerprint density at radius 1 is 0.688 bits per heavy atom. The average Bonchev–Trinajstić information content (AvgIpc) is 2.59. The molecule has 0 saturated heterocycles. The Bertz CT molecular complexity index is 511. The second-order valence-electron chi connectivity index (χ2n) is 11.5. The van der Waals surface area contributed by atoms with E-state index in [2.05, 4.69) is 53.8 Å². The van der Waals surface area contributed by atoms with Crippen LogP contribution in [0.15, 0.2) is 0 Å². The predicted octanol–water partition coefficient (Wildman–Crippen LogP) is 4.10. The number of rotatable bonds is 18. The van der Waals surface area contributed by atoms with Gasteiger partial charge >= 0.3 is 0 Å². The van der Waals surface area contributed by atoms with Crippen molar-refractivity contribution in [3.05, 3.63) is 0 Å². The van der Waals surface area contributed by atoms with E-state index >= 15 is 0 Å². The fraction of sp³-hybridized carbons (Fsp3) is 0.960. The lowest BCUT2D eigenvalue weighted by molar-refractivity contribution is -0.126. The lowest BCUT2D eigenvalue weighted by Crippen LogP contribution is -2.36. The maximum atomic E-state index is 11.6. The van der Waals surface area contributed by atoms with Crippen LogP contribution < -0.4 is 5.32 Å². The summed E-state index contributed by atoms with van der Waals surface area (Å²) in [7, 11) is 0. The van der Waals surface area contributed by atoms with Gasteiger partial charge in [-0.3, -0.25) is 4.79 Å². The molecule has 0 unspecified atom stereocenters. The molecular formula is C25H51NO6. The maximum absolute atomic E-state index is 11.6. The summed E-state index contributed by atoms with van der Waals surface area (Å²) in [5.41, 5.74) is -0.552. The third-order valence-corrected chi connectivity index (χ3v) is 5.26. The molecule has 0 saturated carbocycles. The largest absolute Gasteiger partial charge is 0.394 e. The second kappa shape index (κ2) is 14.5. The van der Waals surface area contributed by atoms with Crippen LogP contribution in [0.25, 0.3) is 0 Å². The predicted molar refractivity (Wildman–Crippen MR) is 129 cm³/mol. The van der Waals surface area contributed by atoms with Gasteiger partial charge in [-0.25, -0.2) is 0 Å². The van der Waals surface area contributed by atoms with Crippen molar-refractivity contribution < 1.29 is 28.8 Å². The van der Waals surface area contributed by atoms with Crippen molar-refractivity contribution in [2.45, 2.75) is 105 Å². The van der Waals surface area contributed by atoms with Crippen molar-refractivity contribution in [3.8, 4) is 0 Å². The Morgan fingerprint density at radius 2 is 1.12 bits per heavy atom.